The Hall–Kier alpha value is -0.610. The summed E-state index contributed by atoms with van der Waals surface area (Å²) in [6.45, 7) is 12.2. The van der Waals surface area contributed by atoms with E-state index in [0.717, 1.165) is 6.54 Å². The van der Waals surface area contributed by atoms with Gasteiger partial charge in [0.15, 0.2) is 5.13 Å². The van der Waals surface area contributed by atoms with E-state index in [1.165, 1.54) is 35.0 Å². The fourth-order valence-corrected chi connectivity index (χ4v) is 4.03. The van der Waals surface area contributed by atoms with Crippen LogP contribution in [0.25, 0.3) is 0 Å². The van der Waals surface area contributed by atoms with Gasteiger partial charge in [-0.2, -0.15) is 0 Å². The van der Waals surface area contributed by atoms with Gasteiger partial charge in [0.1, 0.15) is 0 Å². The van der Waals surface area contributed by atoms with Gasteiger partial charge in [-0.05, 0) is 33.1 Å². The first-order valence-electron chi connectivity index (χ1n) is 7.34. The predicted molar refractivity (Wildman–Crippen MR) is 84.1 cm³/mol. The molecule has 0 amide bonds. The fourth-order valence-electron chi connectivity index (χ4n) is 2.67. The van der Waals surface area contributed by atoms with Crippen molar-refractivity contribution in [2.24, 2.45) is 5.73 Å². The summed E-state index contributed by atoms with van der Waals surface area (Å²) in [6.07, 6.45) is 3.90. The molecule has 108 valence electrons. The number of nitrogens with zero attached hydrogens (tertiary/aromatic N) is 2. The molecule has 19 heavy (non-hydrogen) atoms. The number of anilines is 1. The van der Waals surface area contributed by atoms with Crippen LogP contribution in [0.1, 0.15) is 70.5 Å². The van der Waals surface area contributed by atoms with Crippen molar-refractivity contribution in [1.29, 1.82) is 0 Å². The van der Waals surface area contributed by atoms with Gasteiger partial charge >= 0.3 is 0 Å². The number of rotatable bonds is 2. The molecule has 1 aliphatic rings. The minimum absolute atomic E-state index is 0.0662. The Morgan fingerprint density at radius 3 is 2.53 bits per heavy atom. The highest BCUT2D eigenvalue weighted by atomic mass is 32.1. The van der Waals surface area contributed by atoms with Gasteiger partial charge in [-0.25, -0.2) is 4.98 Å². The highest BCUT2D eigenvalue weighted by molar-refractivity contribution is 7.15. The summed E-state index contributed by atoms with van der Waals surface area (Å²) in [4.78, 5) is 8.66. The van der Waals surface area contributed by atoms with Gasteiger partial charge in [0.2, 0.25) is 0 Å². The normalized spacial score (nSPS) is 22.6. The lowest BCUT2D eigenvalue weighted by molar-refractivity contribution is 0.482. The molecule has 1 aromatic rings. The maximum Gasteiger partial charge on any atom is 0.186 e. The predicted octanol–water partition coefficient (Wildman–Crippen LogP) is 3.84. The van der Waals surface area contributed by atoms with E-state index < -0.39 is 0 Å². The van der Waals surface area contributed by atoms with Crippen molar-refractivity contribution in [3.8, 4) is 0 Å². The molecule has 0 aromatic carbocycles. The van der Waals surface area contributed by atoms with Crippen molar-refractivity contribution >= 4 is 16.5 Å². The quantitative estimate of drug-likeness (QED) is 0.895. The second kappa shape index (κ2) is 5.41. The lowest BCUT2D eigenvalue weighted by Gasteiger charge is -2.33. The van der Waals surface area contributed by atoms with E-state index in [4.69, 9.17) is 10.7 Å². The van der Waals surface area contributed by atoms with Gasteiger partial charge in [0.25, 0.3) is 0 Å². The number of nitrogens with two attached hydrogens (primary N) is 1. The van der Waals surface area contributed by atoms with Crippen LogP contribution in [0.2, 0.25) is 0 Å². The Labute approximate surface area is 121 Å². The molecule has 1 aromatic heterocycles. The molecule has 1 aliphatic heterocycles. The molecule has 1 fully saturated rings. The third-order valence-corrected chi connectivity index (χ3v) is 5.11. The summed E-state index contributed by atoms with van der Waals surface area (Å²) in [7, 11) is 0. The minimum atomic E-state index is 0.0662. The molecule has 0 aliphatic carbocycles. The number of aromatic nitrogens is 1. The summed E-state index contributed by atoms with van der Waals surface area (Å²) >= 11 is 1.79. The van der Waals surface area contributed by atoms with E-state index >= 15 is 0 Å². The summed E-state index contributed by atoms with van der Waals surface area (Å²) in [5.41, 5.74) is 7.39. The highest BCUT2D eigenvalue weighted by Crippen LogP contribution is 2.38. The zero-order valence-corrected chi connectivity index (χ0v) is 13.7. The largest absolute Gasteiger partial charge is 0.345 e. The van der Waals surface area contributed by atoms with Crippen LogP contribution in [0, 0.1) is 0 Å². The Morgan fingerprint density at radius 2 is 2.05 bits per heavy atom. The Kier molecular flexibility index (Phi) is 4.21. The summed E-state index contributed by atoms with van der Waals surface area (Å²) in [5.74, 6) is 0. The first-order chi connectivity index (χ1) is 8.80. The fraction of sp³-hybridized carbons (Fsp3) is 0.800. The van der Waals surface area contributed by atoms with Crippen LogP contribution in [0.3, 0.4) is 0 Å². The molecule has 3 nitrogen and oxygen atoms in total. The van der Waals surface area contributed by atoms with Crippen LogP contribution in [0.4, 0.5) is 5.13 Å². The minimum Gasteiger partial charge on any atom is -0.345 e. The third kappa shape index (κ3) is 3.11. The second-order valence-electron chi connectivity index (χ2n) is 6.79. The average Bonchev–Trinajstić information content (AvgIpc) is 2.74. The molecule has 2 N–H and O–H groups in total. The second-order valence-corrected chi connectivity index (χ2v) is 7.80. The monoisotopic (exact) mass is 281 g/mol. The number of thiazole rings is 1. The molecule has 0 saturated carbocycles. The molecule has 1 saturated heterocycles. The van der Waals surface area contributed by atoms with Gasteiger partial charge in [-0.1, -0.05) is 32.1 Å². The standard InChI is InChI=1S/C15H27N3S/c1-10-8-6-7-9-18(10)14-17-13(15(3,4)5)12(19-14)11(2)16/h10-11H,6-9,16H2,1-5H3. The van der Waals surface area contributed by atoms with Crippen LogP contribution in [-0.2, 0) is 5.41 Å². The van der Waals surface area contributed by atoms with E-state index in [-0.39, 0.29) is 11.5 Å². The summed E-state index contributed by atoms with van der Waals surface area (Å²) < 4.78 is 0. The molecule has 2 heterocycles. The molecule has 2 rings (SSSR count). The van der Waals surface area contributed by atoms with Gasteiger partial charge in [-0.15, -0.1) is 0 Å². The van der Waals surface area contributed by atoms with Gasteiger partial charge in [0.05, 0.1) is 5.69 Å². The molecule has 2 atom stereocenters. The average molecular weight is 281 g/mol. The third-order valence-electron chi connectivity index (χ3n) is 3.81. The number of hydrogen-bond donors (Lipinski definition) is 1. The molecular formula is C15H27N3S. The topological polar surface area (TPSA) is 42.1 Å². The van der Waals surface area contributed by atoms with Crippen LogP contribution in [-0.4, -0.2) is 17.6 Å². The Balaban J connectivity index is 2.37. The zero-order chi connectivity index (χ0) is 14.2. The molecule has 0 spiro atoms. The van der Waals surface area contributed by atoms with Crippen molar-refractivity contribution in [2.75, 3.05) is 11.4 Å². The van der Waals surface area contributed by atoms with E-state index in [9.17, 15) is 0 Å². The van der Waals surface area contributed by atoms with E-state index in [2.05, 4.69) is 39.5 Å². The molecule has 0 bridgehead atoms. The van der Waals surface area contributed by atoms with Crippen LogP contribution in [0.15, 0.2) is 0 Å². The maximum absolute atomic E-state index is 6.14. The number of piperidine rings is 1. The molecular weight excluding hydrogens is 254 g/mol. The van der Waals surface area contributed by atoms with Crippen LogP contribution < -0.4 is 10.6 Å². The first kappa shape index (κ1) is 14.8. The molecule has 2 unspecified atom stereocenters. The maximum atomic E-state index is 6.14. The van der Waals surface area contributed by atoms with Crippen molar-refractivity contribution in [2.45, 2.75) is 71.4 Å². The summed E-state index contributed by atoms with van der Waals surface area (Å²) in [5, 5.41) is 1.17. The summed E-state index contributed by atoms with van der Waals surface area (Å²) in [6, 6.07) is 0.675. The van der Waals surface area contributed by atoms with E-state index in [1.54, 1.807) is 11.3 Å². The van der Waals surface area contributed by atoms with E-state index in [0.29, 0.717) is 6.04 Å². The first-order valence-corrected chi connectivity index (χ1v) is 8.15. The SMILES string of the molecule is CC(N)c1sc(N2CCCCC2C)nc1C(C)(C)C. The van der Waals surface area contributed by atoms with Crippen molar-refractivity contribution in [1.82, 2.24) is 4.98 Å². The van der Waals surface area contributed by atoms with Gasteiger partial charge in [-0.3, -0.25) is 0 Å². The Bertz CT molecular complexity index is 431. The van der Waals surface area contributed by atoms with E-state index in [1.807, 2.05) is 0 Å². The van der Waals surface area contributed by atoms with Crippen LogP contribution >= 0.6 is 11.3 Å². The van der Waals surface area contributed by atoms with Crippen molar-refractivity contribution in [3.05, 3.63) is 10.6 Å². The van der Waals surface area contributed by atoms with Crippen molar-refractivity contribution in [3.63, 3.8) is 0 Å². The zero-order valence-electron chi connectivity index (χ0n) is 12.9. The van der Waals surface area contributed by atoms with Gasteiger partial charge < -0.3 is 10.6 Å². The van der Waals surface area contributed by atoms with Crippen molar-refractivity contribution < 1.29 is 0 Å². The lowest BCUT2D eigenvalue weighted by atomic mass is 9.90. The highest BCUT2D eigenvalue weighted by Gasteiger charge is 2.28. The smallest absolute Gasteiger partial charge is 0.186 e. The molecule has 0 radical (unpaired) electrons. The number of hydrogen-bond acceptors (Lipinski definition) is 4. The van der Waals surface area contributed by atoms with Gasteiger partial charge in [0, 0.05) is 28.9 Å². The Morgan fingerprint density at radius 1 is 1.37 bits per heavy atom. The molecule has 4 heteroatoms. The lowest BCUT2D eigenvalue weighted by Crippen LogP contribution is -2.37. The van der Waals surface area contributed by atoms with Crippen LogP contribution in [0.5, 0.6) is 0 Å².